The van der Waals surface area contributed by atoms with Gasteiger partial charge in [0.05, 0.1) is 6.20 Å². The fourth-order valence-electron chi connectivity index (χ4n) is 1.19. The summed E-state index contributed by atoms with van der Waals surface area (Å²) < 4.78 is 5.60. The van der Waals surface area contributed by atoms with Crippen LogP contribution in [0.25, 0.3) is 0 Å². The highest BCUT2D eigenvalue weighted by Crippen LogP contribution is 2.22. The summed E-state index contributed by atoms with van der Waals surface area (Å²) in [7, 11) is 0. The first-order valence-electron chi connectivity index (χ1n) is 5.92. The Morgan fingerprint density at radius 1 is 1.50 bits per heavy atom. The van der Waals surface area contributed by atoms with Crippen molar-refractivity contribution >= 4 is 29.9 Å². The molecule has 0 aliphatic heterocycles. The van der Waals surface area contributed by atoms with Crippen molar-refractivity contribution in [1.29, 1.82) is 0 Å². The Labute approximate surface area is 126 Å². The molecule has 0 bridgehead atoms. The summed E-state index contributed by atoms with van der Waals surface area (Å²) in [6, 6.07) is 0. The van der Waals surface area contributed by atoms with Gasteiger partial charge in [-0.25, -0.2) is 9.98 Å². The van der Waals surface area contributed by atoms with Crippen molar-refractivity contribution in [2.75, 3.05) is 6.54 Å². The maximum atomic E-state index is 5.67. The zero-order valence-corrected chi connectivity index (χ0v) is 13.8. The highest BCUT2D eigenvalue weighted by Gasteiger charge is 2.18. The van der Waals surface area contributed by atoms with Gasteiger partial charge in [-0.3, -0.25) is 0 Å². The largest absolute Gasteiger partial charge is 0.443 e. The summed E-state index contributed by atoms with van der Waals surface area (Å²) in [6.07, 6.45) is 2.77. The second kappa shape index (κ2) is 7.60. The van der Waals surface area contributed by atoms with Crippen LogP contribution in [-0.4, -0.2) is 17.5 Å². The minimum absolute atomic E-state index is 0. The Morgan fingerprint density at radius 3 is 2.67 bits per heavy atom. The summed E-state index contributed by atoms with van der Waals surface area (Å²) >= 11 is 0. The van der Waals surface area contributed by atoms with Gasteiger partial charge in [-0.05, 0) is 6.42 Å². The molecule has 1 aromatic rings. The summed E-state index contributed by atoms with van der Waals surface area (Å²) in [5, 5.41) is 3.00. The molecule has 0 aliphatic carbocycles. The van der Waals surface area contributed by atoms with E-state index in [1.807, 2.05) is 0 Å². The van der Waals surface area contributed by atoms with E-state index in [9.17, 15) is 0 Å². The number of nitrogens with zero attached hydrogens (tertiary/aromatic N) is 2. The Hall–Kier alpha value is -0.790. The van der Waals surface area contributed by atoms with Crippen molar-refractivity contribution in [2.45, 2.75) is 46.1 Å². The van der Waals surface area contributed by atoms with Crippen LogP contribution in [0.3, 0.4) is 0 Å². The molecule has 1 rings (SSSR count). The van der Waals surface area contributed by atoms with E-state index in [0.29, 0.717) is 18.4 Å². The lowest BCUT2D eigenvalue weighted by atomic mass is 9.94. The van der Waals surface area contributed by atoms with E-state index in [2.05, 4.69) is 43.0 Å². The maximum absolute atomic E-state index is 5.67. The lowest BCUT2D eigenvalue weighted by molar-refractivity contribution is 0.383. The van der Waals surface area contributed by atoms with Gasteiger partial charge in [-0.2, -0.15) is 0 Å². The molecule has 5 nitrogen and oxygen atoms in total. The van der Waals surface area contributed by atoms with E-state index >= 15 is 0 Å². The Bertz CT molecular complexity index is 382. The van der Waals surface area contributed by atoms with Crippen LogP contribution < -0.4 is 11.1 Å². The summed E-state index contributed by atoms with van der Waals surface area (Å²) in [4.78, 5) is 8.33. The number of oxazole rings is 1. The van der Waals surface area contributed by atoms with Crippen molar-refractivity contribution in [2.24, 2.45) is 10.7 Å². The molecule has 0 spiro atoms. The Kier molecular flexibility index (Phi) is 7.27. The molecule has 0 atom stereocenters. The predicted octanol–water partition coefficient (Wildman–Crippen LogP) is 2.40. The standard InChI is InChI=1S/C12H22N4O.HI/c1-5-6-14-11(13)16-8-10-15-7-9(17-10)12(2,3)4;/h7H,5-6,8H2,1-4H3,(H3,13,14,16);1H. The van der Waals surface area contributed by atoms with E-state index in [-0.39, 0.29) is 29.4 Å². The topological polar surface area (TPSA) is 76.4 Å². The molecule has 0 amide bonds. The number of nitrogens with two attached hydrogens (primary N) is 1. The molecule has 1 aromatic heterocycles. The van der Waals surface area contributed by atoms with Gasteiger partial charge in [0.2, 0.25) is 5.89 Å². The van der Waals surface area contributed by atoms with Gasteiger partial charge in [0.25, 0.3) is 0 Å². The van der Waals surface area contributed by atoms with Gasteiger partial charge in [-0.1, -0.05) is 27.7 Å². The molecule has 0 aromatic carbocycles. The summed E-state index contributed by atoms with van der Waals surface area (Å²) in [5.41, 5.74) is 5.64. The predicted molar refractivity (Wildman–Crippen MR) is 84.2 cm³/mol. The van der Waals surface area contributed by atoms with Gasteiger partial charge in [0, 0.05) is 12.0 Å². The first-order valence-corrected chi connectivity index (χ1v) is 5.92. The van der Waals surface area contributed by atoms with Crippen LogP contribution in [0.15, 0.2) is 15.6 Å². The zero-order valence-electron chi connectivity index (χ0n) is 11.5. The SMILES string of the molecule is CCCNC(N)=NCc1ncc(C(C)(C)C)o1.I. The fourth-order valence-corrected chi connectivity index (χ4v) is 1.19. The van der Waals surface area contributed by atoms with Crippen molar-refractivity contribution in [3.63, 3.8) is 0 Å². The van der Waals surface area contributed by atoms with Gasteiger partial charge in [0.15, 0.2) is 5.96 Å². The van der Waals surface area contributed by atoms with Gasteiger partial charge < -0.3 is 15.5 Å². The molecule has 1 heterocycles. The van der Waals surface area contributed by atoms with E-state index in [1.54, 1.807) is 6.20 Å². The average molecular weight is 366 g/mol. The lowest BCUT2D eigenvalue weighted by Crippen LogP contribution is -2.32. The van der Waals surface area contributed by atoms with Gasteiger partial charge in [0.1, 0.15) is 12.3 Å². The molecule has 0 radical (unpaired) electrons. The number of aliphatic imine (C=N–C) groups is 1. The molecule has 0 aliphatic rings. The van der Waals surface area contributed by atoms with E-state index < -0.39 is 0 Å². The van der Waals surface area contributed by atoms with Crippen LogP contribution in [0.5, 0.6) is 0 Å². The van der Waals surface area contributed by atoms with Crippen LogP contribution in [0, 0.1) is 0 Å². The minimum Gasteiger partial charge on any atom is -0.443 e. The first kappa shape index (κ1) is 17.2. The molecule has 3 N–H and O–H groups in total. The number of aromatic nitrogens is 1. The molecule has 0 fully saturated rings. The lowest BCUT2D eigenvalue weighted by Gasteiger charge is -2.12. The van der Waals surface area contributed by atoms with E-state index in [4.69, 9.17) is 10.2 Å². The molecule has 0 saturated carbocycles. The first-order chi connectivity index (χ1) is 7.93. The molecular formula is C12H23IN4O. The molecule has 18 heavy (non-hydrogen) atoms. The van der Waals surface area contributed by atoms with Gasteiger partial charge in [-0.15, -0.1) is 24.0 Å². The third-order valence-electron chi connectivity index (χ3n) is 2.23. The summed E-state index contributed by atoms with van der Waals surface area (Å²) in [6.45, 7) is 9.52. The smallest absolute Gasteiger partial charge is 0.216 e. The third-order valence-corrected chi connectivity index (χ3v) is 2.23. The van der Waals surface area contributed by atoms with Crippen LogP contribution in [-0.2, 0) is 12.0 Å². The van der Waals surface area contributed by atoms with Crippen molar-refractivity contribution in [3.8, 4) is 0 Å². The average Bonchev–Trinajstić information content (AvgIpc) is 2.71. The number of hydrogen-bond acceptors (Lipinski definition) is 3. The van der Waals surface area contributed by atoms with E-state index in [0.717, 1.165) is 18.7 Å². The number of hydrogen-bond donors (Lipinski definition) is 2. The van der Waals surface area contributed by atoms with Crippen LogP contribution in [0.4, 0.5) is 0 Å². The zero-order chi connectivity index (χ0) is 12.9. The highest BCUT2D eigenvalue weighted by molar-refractivity contribution is 14.0. The molecule has 0 saturated heterocycles. The Balaban J connectivity index is 0.00000289. The van der Waals surface area contributed by atoms with Crippen molar-refractivity contribution < 1.29 is 4.42 Å². The van der Waals surface area contributed by atoms with Crippen LogP contribution in [0.2, 0.25) is 0 Å². The number of nitrogens with one attached hydrogen (secondary N) is 1. The second-order valence-corrected chi connectivity index (χ2v) is 5.00. The molecule has 104 valence electrons. The van der Waals surface area contributed by atoms with Crippen molar-refractivity contribution in [1.82, 2.24) is 10.3 Å². The number of halogens is 1. The third kappa shape index (κ3) is 5.70. The normalized spacial score (nSPS) is 12.1. The minimum atomic E-state index is -0.0268. The number of rotatable bonds is 4. The quantitative estimate of drug-likeness (QED) is 0.488. The molecule has 0 unspecified atom stereocenters. The van der Waals surface area contributed by atoms with Crippen LogP contribution >= 0.6 is 24.0 Å². The van der Waals surface area contributed by atoms with Crippen LogP contribution in [0.1, 0.15) is 45.8 Å². The monoisotopic (exact) mass is 366 g/mol. The molecular weight excluding hydrogens is 343 g/mol. The molecule has 6 heteroatoms. The Morgan fingerprint density at radius 2 is 2.17 bits per heavy atom. The fraction of sp³-hybridized carbons (Fsp3) is 0.667. The summed E-state index contributed by atoms with van der Waals surface area (Å²) in [5.74, 6) is 1.89. The highest BCUT2D eigenvalue weighted by atomic mass is 127. The second-order valence-electron chi connectivity index (χ2n) is 5.00. The van der Waals surface area contributed by atoms with Gasteiger partial charge >= 0.3 is 0 Å². The number of guanidine groups is 1. The van der Waals surface area contributed by atoms with E-state index in [1.165, 1.54) is 0 Å². The maximum Gasteiger partial charge on any atom is 0.216 e. The van der Waals surface area contributed by atoms with Crippen molar-refractivity contribution in [3.05, 3.63) is 17.8 Å².